The van der Waals surface area contributed by atoms with E-state index in [9.17, 15) is 0 Å². The summed E-state index contributed by atoms with van der Waals surface area (Å²) in [5.74, 6) is 1.36. The first-order valence-electron chi connectivity index (χ1n) is 7.57. The van der Waals surface area contributed by atoms with Crippen LogP contribution in [0.25, 0.3) is 0 Å². The van der Waals surface area contributed by atoms with Crippen molar-refractivity contribution < 1.29 is 0 Å². The first-order valence-corrected chi connectivity index (χ1v) is 7.57. The summed E-state index contributed by atoms with van der Waals surface area (Å²) in [6.07, 6.45) is 7.96. The van der Waals surface area contributed by atoms with Gasteiger partial charge in [0.25, 0.3) is 0 Å². The Balaban J connectivity index is 2.03. The van der Waals surface area contributed by atoms with Gasteiger partial charge in [-0.1, -0.05) is 57.4 Å². The fourth-order valence-electron chi connectivity index (χ4n) is 3.05. The van der Waals surface area contributed by atoms with Crippen LogP contribution in [0.1, 0.15) is 75.5 Å². The molecule has 1 heteroatoms. The highest BCUT2D eigenvalue weighted by Gasteiger charge is 2.21. The molecule has 1 aliphatic carbocycles. The molecule has 1 nitrogen and oxygen atoms in total. The molecule has 1 aliphatic rings. The lowest BCUT2D eigenvalue weighted by Crippen LogP contribution is -2.23. The van der Waals surface area contributed by atoms with Crippen LogP contribution < -0.4 is 5.73 Å². The van der Waals surface area contributed by atoms with Crippen molar-refractivity contribution in [2.75, 3.05) is 0 Å². The maximum Gasteiger partial charge on any atom is 0.0323 e. The van der Waals surface area contributed by atoms with Crippen molar-refractivity contribution in [3.05, 3.63) is 35.4 Å². The van der Waals surface area contributed by atoms with Crippen LogP contribution in [0.15, 0.2) is 24.3 Å². The third kappa shape index (κ3) is 3.14. The molecule has 2 atom stereocenters. The van der Waals surface area contributed by atoms with Crippen molar-refractivity contribution in [3.63, 3.8) is 0 Å². The van der Waals surface area contributed by atoms with E-state index < -0.39 is 0 Å². The molecule has 2 N–H and O–H groups in total. The van der Waals surface area contributed by atoms with Gasteiger partial charge in [-0.15, -0.1) is 0 Å². The number of nitrogens with two attached hydrogens (primary N) is 1. The molecular weight excluding hydrogens is 218 g/mol. The lowest BCUT2D eigenvalue weighted by atomic mass is 9.81. The number of hydrogen-bond donors (Lipinski definition) is 1. The minimum atomic E-state index is 0.247. The average Bonchev–Trinajstić information content (AvgIpc) is 2.47. The third-order valence-corrected chi connectivity index (χ3v) is 4.66. The minimum absolute atomic E-state index is 0.247. The van der Waals surface area contributed by atoms with E-state index in [1.807, 2.05) is 0 Å². The smallest absolute Gasteiger partial charge is 0.0323 e. The van der Waals surface area contributed by atoms with E-state index in [2.05, 4.69) is 38.1 Å². The maximum atomic E-state index is 6.43. The Bertz CT molecular complexity index is 348. The Morgan fingerprint density at radius 3 is 2.17 bits per heavy atom. The lowest BCUT2D eigenvalue weighted by Gasteiger charge is -2.28. The van der Waals surface area contributed by atoms with E-state index >= 15 is 0 Å². The van der Waals surface area contributed by atoms with Crippen LogP contribution in [0, 0.1) is 5.92 Å². The van der Waals surface area contributed by atoms with Gasteiger partial charge in [-0.25, -0.2) is 0 Å². The number of benzene rings is 1. The Morgan fingerprint density at radius 1 is 1.06 bits per heavy atom. The molecule has 2 rings (SSSR count). The van der Waals surface area contributed by atoms with Crippen LogP contribution in [-0.4, -0.2) is 0 Å². The standard InChI is InChI=1S/C17H27N/c1-3-13(2)14-9-11-16(12-10-14)17(18)15-7-5-4-6-8-15/h9-13,15,17H,3-8,18H2,1-2H3. The quantitative estimate of drug-likeness (QED) is 0.811. The largest absolute Gasteiger partial charge is 0.324 e. The molecule has 100 valence electrons. The van der Waals surface area contributed by atoms with Gasteiger partial charge in [0, 0.05) is 6.04 Å². The number of hydrogen-bond acceptors (Lipinski definition) is 1. The van der Waals surface area contributed by atoms with E-state index in [1.165, 1.54) is 49.7 Å². The summed E-state index contributed by atoms with van der Waals surface area (Å²) in [5, 5.41) is 0. The van der Waals surface area contributed by atoms with Gasteiger partial charge in [0.2, 0.25) is 0 Å². The molecule has 0 aliphatic heterocycles. The van der Waals surface area contributed by atoms with Crippen molar-refractivity contribution >= 4 is 0 Å². The van der Waals surface area contributed by atoms with Gasteiger partial charge in [-0.05, 0) is 42.2 Å². The average molecular weight is 245 g/mol. The molecule has 0 aromatic heterocycles. The van der Waals surface area contributed by atoms with Crippen molar-refractivity contribution in [3.8, 4) is 0 Å². The van der Waals surface area contributed by atoms with Crippen LogP contribution in [0.5, 0.6) is 0 Å². The molecule has 0 amide bonds. The minimum Gasteiger partial charge on any atom is -0.324 e. The zero-order chi connectivity index (χ0) is 13.0. The topological polar surface area (TPSA) is 26.0 Å². The molecule has 1 fully saturated rings. The van der Waals surface area contributed by atoms with Crippen LogP contribution in [0.2, 0.25) is 0 Å². The number of rotatable bonds is 4. The lowest BCUT2D eigenvalue weighted by molar-refractivity contribution is 0.308. The molecule has 1 aromatic rings. The fourth-order valence-corrected chi connectivity index (χ4v) is 3.05. The summed E-state index contributed by atoms with van der Waals surface area (Å²) < 4.78 is 0. The molecule has 2 unspecified atom stereocenters. The van der Waals surface area contributed by atoms with Crippen LogP contribution >= 0.6 is 0 Å². The summed E-state index contributed by atoms with van der Waals surface area (Å²) >= 11 is 0. The van der Waals surface area contributed by atoms with Crippen LogP contribution in [0.4, 0.5) is 0 Å². The van der Waals surface area contributed by atoms with Crippen molar-refractivity contribution in [1.29, 1.82) is 0 Å². The van der Waals surface area contributed by atoms with E-state index in [1.54, 1.807) is 0 Å². The Hall–Kier alpha value is -0.820. The maximum absolute atomic E-state index is 6.43. The Labute approximate surface area is 112 Å². The molecule has 1 aromatic carbocycles. The monoisotopic (exact) mass is 245 g/mol. The zero-order valence-corrected chi connectivity index (χ0v) is 11.9. The molecular formula is C17H27N. The summed E-state index contributed by atoms with van der Waals surface area (Å²) in [4.78, 5) is 0. The van der Waals surface area contributed by atoms with Gasteiger partial charge in [0.05, 0.1) is 0 Å². The fraction of sp³-hybridized carbons (Fsp3) is 0.647. The first-order chi connectivity index (χ1) is 8.72. The molecule has 1 saturated carbocycles. The van der Waals surface area contributed by atoms with Gasteiger partial charge in [-0.2, -0.15) is 0 Å². The molecule has 0 spiro atoms. The highest BCUT2D eigenvalue weighted by Crippen LogP contribution is 2.33. The predicted octanol–water partition coefficient (Wildman–Crippen LogP) is 4.78. The summed E-state index contributed by atoms with van der Waals surface area (Å²) in [5.41, 5.74) is 9.20. The zero-order valence-electron chi connectivity index (χ0n) is 11.9. The van der Waals surface area contributed by atoms with E-state index in [0.29, 0.717) is 11.8 Å². The highest BCUT2D eigenvalue weighted by atomic mass is 14.7. The second-order valence-electron chi connectivity index (χ2n) is 5.90. The van der Waals surface area contributed by atoms with Crippen molar-refractivity contribution in [2.24, 2.45) is 11.7 Å². The molecule has 0 bridgehead atoms. The van der Waals surface area contributed by atoms with Crippen LogP contribution in [0.3, 0.4) is 0 Å². The van der Waals surface area contributed by atoms with Crippen molar-refractivity contribution in [2.45, 2.75) is 64.3 Å². The molecule has 0 heterocycles. The second-order valence-corrected chi connectivity index (χ2v) is 5.90. The Kier molecular flexibility index (Phi) is 4.82. The van der Waals surface area contributed by atoms with Gasteiger partial charge in [-0.3, -0.25) is 0 Å². The highest BCUT2D eigenvalue weighted by molar-refractivity contribution is 5.27. The van der Waals surface area contributed by atoms with E-state index in [-0.39, 0.29) is 6.04 Å². The van der Waals surface area contributed by atoms with E-state index in [4.69, 9.17) is 5.73 Å². The molecule has 0 saturated heterocycles. The Morgan fingerprint density at radius 2 is 1.61 bits per heavy atom. The first kappa shape index (κ1) is 13.6. The molecule has 0 radical (unpaired) electrons. The summed E-state index contributed by atoms with van der Waals surface area (Å²) in [6.45, 7) is 4.53. The summed E-state index contributed by atoms with van der Waals surface area (Å²) in [6, 6.07) is 9.29. The van der Waals surface area contributed by atoms with Crippen LogP contribution in [-0.2, 0) is 0 Å². The SMILES string of the molecule is CCC(C)c1ccc(C(N)C2CCCCC2)cc1. The van der Waals surface area contributed by atoms with Gasteiger partial charge >= 0.3 is 0 Å². The van der Waals surface area contributed by atoms with Crippen molar-refractivity contribution in [1.82, 2.24) is 0 Å². The van der Waals surface area contributed by atoms with E-state index in [0.717, 1.165) is 0 Å². The van der Waals surface area contributed by atoms with Gasteiger partial charge < -0.3 is 5.73 Å². The summed E-state index contributed by atoms with van der Waals surface area (Å²) in [7, 11) is 0. The normalized spacial score (nSPS) is 20.6. The van der Waals surface area contributed by atoms with Gasteiger partial charge in [0.1, 0.15) is 0 Å². The molecule has 18 heavy (non-hydrogen) atoms. The van der Waals surface area contributed by atoms with Gasteiger partial charge in [0.15, 0.2) is 0 Å². The predicted molar refractivity (Wildman–Crippen MR) is 78.7 cm³/mol. The second kappa shape index (κ2) is 6.38. The third-order valence-electron chi connectivity index (χ3n) is 4.66.